The summed E-state index contributed by atoms with van der Waals surface area (Å²) in [6.45, 7) is 2.37. The van der Waals surface area contributed by atoms with Crippen molar-refractivity contribution in [2.45, 2.75) is 19.8 Å². The zero-order chi connectivity index (χ0) is 15.0. The van der Waals surface area contributed by atoms with Crippen molar-refractivity contribution in [1.82, 2.24) is 0 Å². The van der Waals surface area contributed by atoms with Crippen molar-refractivity contribution in [2.24, 2.45) is 0 Å². The maximum atomic E-state index is 11.7. The van der Waals surface area contributed by atoms with Gasteiger partial charge in [-0.25, -0.2) is 4.79 Å². The number of nitriles is 1. The molecule has 1 aromatic rings. The molecule has 0 aliphatic heterocycles. The Morgan fingerprint density at radius 3 is 2.50 bits per heavy atom. The van der Waals surface area contributed by atoms with Gasteiger partial charge in [0.25, 0.3) is 0 Å². The molecule has 106 valence electrons. The van der Waals surface area contributed by atoms with Crippen LogP contribution in [0.1, 0.15) is 25.3 Å². The van der Waals surface area contributed by atoms with Crippen LogP contribution >= 0.6 is 0 Å². The maximum absolute atomic E-state index is 11.7. The van der Waals surface area contributed by atoms with Crippen LogP contribution in [0.5, 0.6) is 0 Å². The third kappa shape index (κ3) is 4.77. The minimum Gasteiger partial charge on any atom is -0.462 e. The van der Waals surface area contributed by atoms with Crippen molar-refractivity contribution in [2.75, 3.05) is 25.6 Å². The highest BCUT2D eigenvalue weighted by Gasteiger charge is 2.10. The van der Waals surface area contributed by atoms with Crippen LogP contribution in [0.15, 0.2) is 29.8 Å². The van der Waals surface area contributed by atoms with Crippen LogP contribution in [-0.2, 0) is 9.53 Å². The number of carbonyl (C=O) groups is 1. The van der Waals surface area contributed by atoms with Crippen LogP contribution in [0, 0.1) is 11.3 Å². The van der Waals surface area contributed by atoms with Gasteiger partial charge in [-0.2, -0.15) is 5.26 Å². The number of nitrogens with zero attached hydrogens (tertiary/aromatic N) is 2. The third-order valence-corrected chi connectivity index (χ3v) is 2.79. The number of hydrogen-bond donors (Lipinski definition) is 0. The second kappa shape index (κ2) is 8.00. The Bertz CT molecular complexity index is 510. The smallest absolute Gasteiger partial charge is 0.348 e. The summed E-state index contributed by atoms with van der Waals surface area (Å²) in [4.78, 5) is 13.7. The molecule has 0 spiro atoms. The van der Waals surface area contributed by atoms with Gasteiger partial charge in [0.1, 0.15) is 11.6 Å². The van der Waals surface area contributed by atoms with Crippen LogP contribution in [-0.4, -0.2) is 26.7 Å². The molecule has 0 N–H and O–H groups in total. The van der Waals surface area contributed by atoms with Crippen LogP contribution in [0.25, 0.3) is 6.08 Å². The fraction of sp³-hybridized carbons (Fsp3) is 0.375. The highest BCUT2D eigenvalue weighted by molar-refractivity contribution is 5.97. The van der Waals surface area contributed by atoms with E-state index in [1.165, 1.54) is 0 Å². The van der Waals surface area contributed by atoms with Gasteiger partial charge in [0, 0.05) is 19.8 Å². The van der Waals surface area contributed by atoms with Gasteiger partial charge >= 0.3 is 5.97 Å². The molecule has 0 atom stereocenters. The molecular weight excluding hydrogens is 252 g/mol. The first-order valence-electron chi connectivity index (χ1n) is 6.64. The molecular formula is C16H20N2O2. The number of rotatable bonds is 6. The number of esters is 1. The van der Waals surface area contributed by atoms with E-state index >= 15 is 0 Å². The van der Waals surface area contributed by atoms with Crippen LogP contribution in [0.2, 0.25) is 0 Å². The Morgan fingerprint density at radius 2 is 2.00 bits per heavy atom. The molecule has 0 heterocycles. The van der Waals surface area contributed by atoms with Crippen LogP contribution in [0.3, 0.4) is 0 Å². The SMILES string of the molecule is CCCCOC(=O)/C(C#N)=C/c1ccc(N(C)C)cc1. The lowest BCUT2D eigenvalue weighted by Crippen LogP contribution is -2.08. The molecule has 1 rings (SSSR count). The number of hydrogen-bond acceptors (Lipinski definition) is 4. The summed E-state index contributed by atoms with van der Waals surface area (Å²) >= 11 is 0. The summed E-state index contributed by atoms with van der Waals surface area (Å²) in [6, 6.07) is 9.49. The minimum atomic E-state index is -0.558. The van der Waals surface area contributed by atoms with Crippen LogP contribution in [0.4, 0.5) is 5.69 Å². The lowest BCUT2D eigenvalue weighted by Gasteiger charge is -2.11. The third-order valence-electron chi connectivity index (χ3n) is 2.79. The molecule has 0 aliphatic carbocycles. The van der Waals surface area contributed by atoms with E-state index in [0.717, 1.165) is 24.1 Å². The van der Waals surface area contributed by atoms with Gasteiger partial charge in [-0.3, -0.25) is 0 Å². The quantitative estimate of drug-likeness (QED) is 0.346. The van der Waals surface area contributed by atoms with E-state index in [4.69, 9.17) is 10.00 Å². The highest BCUT2D eigenvalue weighted by Crippen LogP contribution is 2.15. The molecule has 1 aromatic carbocycles. The fourth-order valence-electron chi connectivity index (χ4n) is 1.56. The predicted molar refractivity (Wildman–Crippen MR) is 80.2 cm³/mol. The van der Waals surface area contributed by atoms with Gasteiger partial charge in [0.2, 0.25) is 0 Å². The zero-order valence-electron chi connectivity index (χ0n) is 12.2. The molecule has 0 aromatic heterocycles. The lowest BCUT2D eigenvalue weighted by molar-refractivity contribution is -0.138. The summed E-state index contributed by atoms with van der Waals surface area (Å²) in [5.74, 6) is -0.558. The Morgan fingerprint density at radius 1 is 1.35 bits per heavy atom. The molecule has 0 unspecified atom stereocenters. The van der Waals surface area contributed by atoms with Gasteiger partial charge < -0.3 is 9.64 Å². The minimum absolute atomic E-state index is 0.0266. The Hall–Kier alpha value is -2.28. The molecule has 4 nitrogen and oxygen atoms in total. The summed E-state index contributed by atoms with van der Waals surface area (Å²) in [6.07, 6.45) is 3.31. The molecule has 20 heavy (non-hydrogen) atoms. The van der Waals surface area contributed by atoms with Crippen molar-refractivity contribution < 1.29 is 9.53 Å². The van der Waals surface area contributed by atoms with Crippen molar-refractivity contribution in [1.29, 1.82) is 5.26 Å². The van der Waals surface area contributed by atoms with Crippen molar-refractivity contribution >= 4 is 17.7 Å². The predicted octanol–water partition coefficient (Wildman–Crippen LogP) is 3.00. The molecule has 0 bridgehead atoms. The molecule has 0 fully saturated rings. The first-order valence-corrected chi connectivity index (χ1v) is 6.64. The normalized spacial score (nSPS) is 10.8. The summed E-state index contributed by atoms with van der Waals surface area (Å²) in [5, 5.41) is 9.03. The lowest BCUT2D eigenvalue weighted by atomic mass is 10.1. The Kier molecular flexibility index (Phi) is 6.31. The van der Waals surface area contributed by atoms with Gasteiger partial charge in [-0.15, -0.1) is 0 Å². The van der Waals surface area contributed by atoms with Crippen molar-refractivity contribution in [3.05, 3.63) is 35.4 Å². The molecule has 0 amide bonds. The first kappa shape index (κ1) is 15.8. The molecule has 0 radical (unpaired) electrons. The number of ether oxygens (including phenoxy) is 1. The van der Waals surface area contributed by atoms with E-state index in [0.29, 0.717) is 6.61 Å². The van der Waals surface area contributed by atoms with Crippen LogP contribution < -0.4 is 4.90 Å². The van der Waals surface area contributed by atoms with Gasteiger partial charge in [0.05, 0.1) is 6.61 Å². The van der Waals surface area contributed by atoms with Crippen molar-refractivity contribution in [3.8, 4) is 6.07 Å². The topological polar surface area (TPSA) is 53.3 Å². The Labute approximate surface area is 120 Å². The summed E-state index contributed by atoms with van der Waals surface area (Å²) in [5.41, 5.74) is 1.89. The largest absolute Gasteiger partial charge is 0.462 e. The Balaban J connectivity index is 2.78. The average molecular weight is 272 g/mol. The molecule has 0 saturated carbocycles. The van der Waals surface area contributed by atoms with Crippen molar-refractivity contribution in [3.63, 3.8) is 0 Å². The standard InChI is InChI=1S/C16H20N2O2/c1-4-5-10-20-16(19)14(12-17)11-13-6-8-15(9-7-13)18(2)3/h6-9,11H,4-5,10H2,1-3H3/b14-11+. The van der Waals surface area contributed by atoms with Gasteiger partial charge in [-0.1, -0.05) is 25.5 Å². The number of anilines is 1. The average Bonchev–Trinajstić information content (AvgIpc) is 2.45. The maximum Gasteiger partial charge on any atom is 0.348 e. The second-order valence-corrected chi connectivity index (χ2v) is 4.65. The van der Waals surface area contributed by atoms with Gasteiger partial charge in [0.15, 0.2) is 0 Å². The molecule has 4 heteroatoms. The number of benzene rings is 1. The van der Waals surface area contributed by atoms with Gasteiger partial charge in [-0.05, 0) is 30.2 Å². The zero-order valence-corrected chi connectivity index (χ0v) is 12.2. The fourth-order valence-corrected chi connectivity index (χ4v) is 1.56. The van der Waals surface area contributed by atoms with E-state index in [1.54, 1.807) is 6.08 Å². The van der Waals surface area contributed by atoms with E-state index in [2.05, 4.69) is 0 Å². The second-order valence-electron chi connectivity index (χ2n) is 4.65. The molecule has 0 saturated heterocycles. The monoisotopic (exact) mass is 272 g/mol. The molecule has 0 aliphatic rings. The van der Waals surface area contributed by atoms with E-state index in [-0.39, 0.29) is 5.57 Å². The highest BCUT2D eigenvalue weighted by atomic mass is 16.5. The van der Waals surface area contributed by atoms with E-state index in [1.807, 2.05) is 56.3 Å². The number of carbonyl (C=O) groups excluding carboxylic acids is 1. The number of unbranched alkanes of at least 4 members (excludes halogenated alkanes) is 1. The van der Waals surface area contributed by atoms with E-state index < -0.39 is 5.97 Å². The first-order chi connectivity index (χ1) is 9.58. The van der Waals surface area contributed by atoms with E-state index in [9.17, 15) is 4.79 Å². The summed E-state index contributed by atoms with van der Waals surface area (Å²) < 4.78 is 5.03. The summed E-state index contributed by atoms with van der Waals surface area (Å²) in [7, 11) is 3.91.